The topological polar surface area (TPSA) is 12.0 Å². The summed E-state index contributed by atoms with van der Waals surface area (Å²) in [6.07, 6.45) is 11.7. The fourth-order valence-corrected chi connectivity index (χ4v) is 4.84. The lowest BCUT2D eigenvalue weighted by molar-refractivity contribution is 0.267. The molecule has 2 atom stereocenters. The van der Waals surface area contributed by atoms with Crippen molar-refractivity contribution < 1.29 is 0 Å². The maximum absolute atomic E-state index is 3.62. The van der Waals surface area contributed by atoms with Crippen molar-refractivity contribution >= 4 is 11.8 Å². The van der Waals surface area contributed by atoms with Crippen molar-refractivity contribution in [2.75, 3.05) is 12.8 Å². The monoisotopic (exact) mass is 227 g/mol. The van der Waals surface area contributed by atoms with Gasteiger partial charge in [0.1, 0.15) is 0 Å². The van der Waals surface area contributed by atoms with E-state index in [1.165, 1.54) is 57.1 Å². The fraction of sp³-hybridized carbons (Fsp3) is 1.00. The molecule has 2 aliphatic rings. The van der Waals surface area contributed by atoms with Gasteiger partial charge in [-0.15, -0.1) is 0 Å². The maximum atomic E-state index is 3.62. The SMILES string of the molecule is CNC(C1CCCCC1)C1CCCCS1. The van der Waals surface area contributed by atoms with E-state index in [0.717, 1.165) is 17.2 Å². The average molecular weight is 227 g/mol. The van der Waals surface area contributed by atoms with Crippen LogP contribution in [0.25, 0.3) is 0 Å². The Bertz CT molecular complexity index is 153. The van der Waals surface area contributed by atoms with Crippen molar-refractivity contribution in [3.05, 3.63) is 0 Å². The van der Waals surface area contributed by atoms with Crippen molar-refractivity contribution in [2.24, 2.45) is 5.92 Å². The van der Waals surface area contributed by atoms with Crippen molar-refractivity contribution in [1.29, 1.82) is 0 Å². The van der Waals surface area contributed by atoms with E-state index in [0.29, 0.717) is 0 Å². The summed E-state index contributed by atoms with van der Waals surface area (Å²) < 4.78 is 0. The Morgan fingerprint density at radius 3 is 2.33 bits per heavy atom. The molecular weight excluding hydrogens is 202 g/mol. The van der Waals surface area contributed by atoms with Gasteiger partial charge in [0.15, 0.2) is 0 Å². The second kappa shape index (κ2) is 6.15. The summed E-state index contributed by atoms with van der Waals surface area (Å²) in [5, 5.41) is 4.53. The van der Waals surface area contributed by atoms with E-state index >= 15 is 0 Å². The highest BCUT2D eigenvalue weighted by Crippen LogP contribution is 2.35. The Kier molecular flexibility index (Phi) is 4.83. The van der Waals surface area contributed by atoms with E-state index in [4.69, 9.17) is 0 Å². The number of rotatable bonds is 3. The Hall–Kier alpha value is 0.310. The van der Waals surface area contributed by atoms with Crippen LogP contribution in [-0.4, -0.2) is 24.1 Å². The number of nitrogens with one attached hydrogen (secondary N) is 1. The summed E-state index contributed by atoms with van der Waals surface area (Å²) in [4.78, 5) is 0. The number of hydrogen-bond donors (Lipinski definition) is 1. The molecule has 1 saturated carbocycles. The van der Waals surface area contributed by atoms with E-state index in [2.05, 4.69) is 24.1 Å². The molecule has 2 rings (SSSR count). The zero-order valence-electron chi connectivity index (χ0n) is 10.0. The lowest BCUT2D eigenvalue weighted by atomic mass is 9.81. The first-order valence-corrected chi connectivity index (χ1v) is 7.75. The van der Waals surface area contributed by atoms with Gasteiger partial charge in [0, 0.05) is 11.3 Å². The minimum Gasteiger partial charge on any atom is -0.316 e. The molecule has 2 fully saturated rings. The summed E-state index contributed by atoms with van der Waals surface area (Å²) >= 11 is 2.23. The molecule has 0 bridgehead atoms. The smallest absolute Gasteiger partial charge is 0.0211 e. The van der Waals surface area contributed by atoms with Gasteiger partial charge >= 0.3 is 0 Å². The summed E-state index contributed by atoms with van der Waals surface area (Å²) in [7, 11) is 2.18. The normalized spacial score (nSPS) is 31.4. The van der Waals surface area contributed by atoms with Gasteiger partial charge in [-0.05, 0) is 44.4 Å². The number of hydrogen-bond acceptors (Lipinski definition) is 2. The first kappa shape index (κ1) is 11.8. The molecule has 2 unspecified atom stereocenters. The van der Waals surface area contributed by atoms with Crippen molar-refractivity contribution in [3.63, 3.8) is 0 Å². The molecule has 1 heterocycles. The van der Waals surface area contributed by atoms with E-state index in [1.54, 1.807) is 0 Å². The molecule has 0 aromatic rings. The van der Waals surface area contributed by atoms with Crippen LogP contribution in [0.15, 0.2) is 0 Å². The molecule has 1 aliphatic carbocycles. The first-order valence-electron chi connectivity index (χ1n) is 6.70. The van der Waals surface area contributed by atoms with Gasteiger partial charge in [0.25, 0.3) is 0 Å². The van der Waals surface area contributed by atoms with Crippen molar-refractivity contribution in [2.45, 2.75) is 62.7 Å². The van der Waals surface area contributed by atoms with Crippen LogP contribution in [0.3, 0.4) is 0 Å². The van der Waals surface area contributed by atoms with Gasteiger partial charge in [-0.3, -0.25) is 0 Å². The molecule has 1 saturated heterocycles. The van der Waals surface area contributed by atoms with Crippen LogP contribution in [-0.2, 0) is 0 Å². The third kappa shape index (κ3) is 3.13. The van der Waals surface area contributed by atoms with Crippen LogP contribution in [0, 0.1) is 5.92 Å². The predicted molar refractivity (Wildman–Crippen MR) is 69.5 cm³/mol. The van der Waals surface area contributed by atoms with Gasteiger partial charge in [0.2, 0.25) is 0 Å². The lowest BCUT2D eigenvalue weighted by Crippen LogP contribution is -2.43. The second-order valence-corrected chi connectivity index (χ2v) is 6.46. The molecule has 1 aliphatic heterocycles. The average Bonchev–Trinajstić information content (AvgIpc) is 2.33. The van der Waals surface area contributed by atoms with Crippen LogP contribution >= 0.6 is 11.8 Å². The molecule has 2 heteroatoms. The third-order valence-electron chi connectivity index (χ3n) is 4.11. The Balaban J connectivity index is 1.88. The van der Waals surface area contributed by atoms with Crippen LogP contribution in [0.4, 0.5) is 0 Å². The minimum atomic E-state index is 0.801. The summed E-state index contributed by atoms with van der Waals surface area (Å²) in [5.74, 6) is 2.37. The maximum Gasteiger partial charge on any atom is 0.0211 e. The molecule has 0 spiro atoms. The molecule has 88 valence electrons. The Labute approximate surface area is 98.8 Å². The molecule has 0 aromatic carbocycles. The quantitative estimate of drug-likeness (QED) is 0.792. The molecule has 0 aromatic heterocycles. The van der Waals surface area contributed by atoms with E-state index in [1.807, 2.05) is 0 Å². The van der Waals surface area contributed by atoms with E-state index < -0.39 is 0 Å². The molecule has 0 amide bonds. The number of thioether (sulfide) groups is 1. The third-order valence-corrected chi connectivity index (χ3v) is 5.59. The van der Waals surface area contributed by atoms with E-state index in [-0.39, 0.29) is 0 Å². The minimum absolute atomic E-state index is 0.801. The predicted octanol–water partition coefficient (Wildman–Crippen LogP) is 3.44. The Morgan fingerprint density at radius 2 is 1.73 bits per heavy atom. The van der Waals surface area contributed by atoms with Gasteiger partial charge in [-0.2, -0.15) is 11.8 Å². The van der Waals surface area contributed by atoms with Crippen molar-refractivity contribution in [3.8, 4) is 0 Å². The van der Waals surface area contributed by atoms with Gasteiger partial charge < -0.3 is 5.32 Å². The van der Waals surface area contributed by atoms with E-state index in [9.17, 15) is 0 Å². The van der Waals surface area contributed by atoms with Crippen LogP contribution < -0.4 is 5.32 Å². The first-order chi connectivity index (χ1) is 7.42. The summed E-state index contributed by atoms with van der Waals surface area (Å²) in [6, 6.07) is 0.801. The second-order valence-electron chi connectivity index (χ2n) is 5.12. The highest BCUT2D eigenvalue weighted by Gasteiger charge is 2.30. The Morgan fingerprint density at radius 1 is 1.00 bits per heavy atom. The lowest BCUT2D eigenvalue weighted by Gasteiger charge is -2.37. The zero-order valence-corrected chi connectivity index (χ0v) is 10.8. The van der Waals surface area contributed by atoms with Gasteiger partial charge in [-0.1, -0.05) is 25.7 Å². The molecule has 1 N–H and O–H groups in total. The van der Waals surface area contributed by atoms with Crippen LogP contribution in [0.5, 0.6) is 0 Å². The van der Waals surface area contributed by atoms with Gasteiger partial charge in [-0.25, -0.2) is 0 Å². The standard InChI is InChI=1S/C13H25NS/c1-14-13(11-7-3-2-4-8-11)12-9-5-6-10-15-12/h11-14H,2-10H2,1H3. The summed E-state index contributed by atoms with van der Waals surface area (Å²) in [5.41, 5.74) is 0. The molecule has 15 heavy (non-hydrogen) atoms. The molecular formula is C13H25NS. The molecule has 0 radical (unpaired) electrons. The van der Waals surface area contributed by atoms with Crippen LogP contribution in [0.2, 0.25) is 0 Å². The molecule has 1 nitrogen and oxygen atoms in total. The fourth-order valence-electron chi connectivity index (χ4n) is 3.27. The largest absolute Gasteiger partial charge is 0.316 e. The highest BCUT2D eigenvalue weighted by atomic mass is 32.2. The highest BCUT2D eigenvalue weighted by molar-refractivity contribution is 8.00. The summed E-state index contributed by atoms with van der Waals surface area (Å²) in [6.45, 7) is 0. The van der Waals surface area contributed by atoms with Crippen molar-refractivity contribution in [1.82, 2.24) is 5.32 Å². The zero-order chi connectivity index (χ0) is 10.5. The van der Waals surface area contributed by atoms with Crippen LogP contribution in [0.1, 0.15) is 51.4 Å². The van der Waals surface area contributed by atoms with Gasteiger partial charge in [0.05, 0.1) is 0 Å².